The molecule has 1 unspecified atom stereocenters. The number of ether oxygens (including phenoxy) is 1. The molecular formula is C17H16FN3O3. The SMILES string of the molecule is CCOC(=O)C1=C(C)Nc2nc[nH]c(=O)c2C1c1ccccc1F. The molecular weight excluding hydrogens is 313 g/mol. The second kappa shape index (κ2) is 6.27. The van der Waals surface area contributed by atoms with Crippen molar-refractivity contribution in [1.82, 2.24) is 9.97 Å². The van der Waals surface area contributed by atoms with Crippen LogP contribution < -0.4 is 10.9 Å². The highest BCUT2D eigenvalue weighted by atomic mass is 19.1. The highest BCUT2D eigenvalue weighted by molar-refractivity contribution is 5.94. The van der Waals surface area contributed by atoms with Gasteiger partial charge in [0, 0.05) is 11.3 Å². The molecule has 0 spiro atoms. The van der Waals surface area contributed by atoms with Gasteiger partial charge in [-0.25, -0.2) is 14.2 Å². The Morgan fingerprint density at radius 3 is 2.83 bits per heavy atom. The minimum Gasteiger partial charge on any atom is -0.463 e. The molecule has 0 saturated carbocycles. The van der Waals surface area contributed by atoms with E-state index >= 15 is 0 Å². The smallest absolute Gasteiger partial charge is 0.336 e. The van der Waals surface area contributed by atoms with E-state index < -0.39 is 23.3 Å². The Bertz CT molecular complexity index is 889. The summed E-state index contributed by atoms with van der Waals surface area (Å²) in [6, 6.07) is 6.05. The monoisotopic (exact) mass is 329 g/mol. The van der Waals surface area contributed by atoms with Crippen molar-refractivity contribution in [3.05, 3.63) is 69.2 Å². The number of H-pyrrole nitrogens is 1. The molecule has 2 heterocycles. The number of rotatable bonds is 3. The lowest BCUT2D eigenvalue weighted by Gasteiger charge is -2.28. The molecule has 0 aliphatic carbocycles. The third-order valence-electron chi connectivity index (χ3n) is 3.89. The molecule has 0 saturated heterocycles. The van der Waals surface area contributed by atoms with Gasteiger partial charge >= 0.3 is 5.97 Å². The number of aromatic nitrogens is 2. The summed E-state index contributed by atoms with van der Waals surface area (Å²) in [6.45, 7) is 3.53. The highest BCUT2D eigenvalue weighted by Crippen LogP contribution is 2.40. The van der Waals surface area contributed by atoms with Crippen molar-refractivity contribution in [2.75, 3.05) is 11.9 Å². The van der Waals surface area contributed by atoms with Gasteiger partial charge in [0.2, 0.25) is 0 Å². The number of carbonyl (C=O) groups excluding carboxylic acids is 1. The molecule has 0 radical (unpaired) electrons. The molecule has 24 heavy (non-hydrogen) atoms. The zero-order valence-electron chi connectivity index (χ0n) is 13.2. The van der Waals surface area contributed by atoms with Crippen LogP contribution in [0, 0.1) is 5.82 Å². The van der Waals surface area contributed by atoms with Crippen LogP contribution in [0.25, 0.3) is 0 Å². The Labute approximate surface area is 137 Å². The molecule has 2 aromatic rings. The lowest BCUT2D eigenvalue weighted by atomic mass is 9.82. The minimum atomic E-state index is -0.890. The molecule has 1 aliphatic heterocycles. The van der Waals surface area contributed by atoms with E-state index in [0.717, 1.165) is 0 Å². The molecule has 7 heteroatoms. The third kappa shape index (κ3) is 2.58. The molecule has 1 aromatic carbocycles. The van der Waals surface area contributed by atoms with Gasteiger partial charge in [0.15, 0.2) is 0 Å². The maximum atomic E-state index is 14.4. The zero-order valence-corrected chi connectivity index (χ0v) is 13.2. The quantitative estimate of drug-likeness (QED) is 0.844. The molecule has 1 aromatic heterocycles. The first kappa shape index (κ1) is 15.9. The van der Waals surface area contributed by atoms with Gasteiger partial charge in [0.25, 0.3) is 5.56 Å². The van der Waals surface area contributed by atoms with E-state index in [0.29, 0.717) is 11.5 Å². The molecule has 0 bridgehead atoms. The maximum Gasteiger partial charge on any atom is 0.336 e. The van der Waals surface area contributed by atoms with Gasteiger partial charge in [-0.05, 0) is 19.9 Å². The van der Waals surface area contributed by atoms with Crippen molar-refractivity contribution < 1.29 is 13.9 Å². The number of nitrogens with zero attached hydrogens (tertiary/aromatic N) is 1. The molecule has 124 valence electrons. The lowest BCUT2D eigenvalue weighted by Crippen LogP contribution is -2.31. The van der Waals surface area contributed by atoms with Crippen molar-refractivity contribution in [3.63, 3.8) is 0 Å². The summed E-state index contributed by atoms with van der Waals surface area (Å²) in [7, 11) is 0. The Kier molecular flexibility index (Phi) is 4.16. The Hall–Kier alpha value is -2.96. The summed E-state index contributed by atoms with van der Waals surface area (Å²) in [4.78, 5) is 31.4. The molecule has 1 aliphatic rings. The average molecular weight is 329 g/mol. The maximum absolute atomic E-state index is 14.4. The van der Waals surface area contributed by atoms with Gasteiger partial charge in [-0.15, -0.1) is 0 Å². The zero-order chi connectivity index (χ0) is 17.3. The van der Waals surface area contributed by atoms with Crippen molar-refractivity contribution in [3.8, 4) is 0 Å². The van der Waals surface area contributed by atoms with Crippen LogP contribution in [0.15, 0.2) is 46.7 Å². The number of anilines is 1. The van der Waals surface area contributed by atoms with E-state index in [1.165, 1.54) is 12.4 Å². The summed E-state index contributed by atoms with van der Waals surface area (Å²) >= 11 is 0. The van der Waals surface area contributed by atoms with E-state index in [-0.39, 0.29) is 23.3 Å². The highest BCUT2D eigenvalue weighted by Gasteiger charge is 2.37. The summed E-state index contributed by atoms with van der Waals surface area (Å²) < 4.78 is 19.5. The van der Waals surface area contributed by atoms with Gasteiger partial charge < -0.3 is 15.0 Å². The van der Waals surface area contributed by atoms with E-state index in [2.05, 4.69) is 15.3 Å². The van der Waals surface area contributed by atoms with Crippen molar-refractivity contribution in [1.29, 1.82) is 0 Å². The first-order valence-corrected chi connectivity index (χ1v) is 7.51. The van der Waals surface area contributed by atoms with Crippen molar-refractivity contribution >= 4 is 11.8 Å². The van der Waals surface area contributed by atoms with Crippen LogP contribution in [0.3, 0.4) is 0 Å². The summed E-state index contributed by atoms with van der Waals surface area (Å²) in [5.74, 6) is -1.69. The van der Waals surface area contributed by atoms with Crippen LogP contribution in [-0.4, -0.2) is 22.5 Å². The first-order valence-electron chi connectivity index (χ1n) is 7.51. The number of allylic oxidation sites excluding steroid dienone is 1. The van der Waals surface area contributed by atoms with Gasteiger partial charge in [-0.3, -0.25) is 4.79 Å². The van der Waals surface area contributed by atoms with Crippen molar-refractivity contribution in [2.24, 2.45) is 0 Å². The van der Waals surface area contributed by atoms with Gasteiger partial charge in [0.05, 0.1) is 30.0 Å². The number of hydrogen-bond donors (Lipinski definition) is 2. The van der Waals surface area contributed by atoms with E-state index in [4.69, 9.17) is 4.74 Å². The number of hydrogen-bond acceptors (Lipinski definition) is 5. The van der Waals surface area contributed by atoms with Crippen LogP contribution in [0.4, 0.5) is 10.2 Å². The predicted molar refractivity (Wildman–Crippen MR) is 86.1 cm³/mol. The molecule has 2 N–H and O–H groups in total. The molecule has 3 rings (SSSR count). The van der Waals surface area contributed by atoms with E-state index in [1.54, 1.807) is 32.0 Å². The summed E-state index contributed by atoms with van der Waals surface area (Å²) in [5, 5.41) is 2.93. The van der Waals surface area contributed by atoms with Crippen LogP contribution in [-0.2, 0) is 9.53 Å². The van der Waals surface area contributed by atoms with Gasteiger partial charge in [0.1, 0.15) is 11.6 Å². The first-order chi connectivity index (χ1) is 11.5. The molecule has 1 atom stereocenters. The van der Waals surface area contributed by atoms with E-state index in [1.807, 2.05) is 0 Å². The normalized spacial score (nSPS) is 16.4. The van der Waals surface area contributed by atoms with Crippen LogP contribution >= 0.6 is 0 Å². The fourth-order valence-corrected chi connectivity index (χ4v) is 2.88. The minimum absolute atomic E-state index is 0.176. The lowest BCUT2D eigenvalue weighted by molar-refractivity contribution is -0.138. The van der Waals surface area contributed by atoms with Gasteiger partial charge in [-0.2, -0.15) is 0 Å². The molecule has 6 nitrogen and oxygen atoms in total. The standard InChI is InChI=1S/C17H16FN3O3/c1-3-24-17(23)12-9(2)21-15-14(16(22)20-8-19-15)13(12)10-6-4-5-7-11(10)18/h4-8,13H,3H2,1-2H3,(H2,19,20,21,22). The van der Waals surface area contributed by atoms with E-state index in [9.17, 15) is 14.0 Å². The average Bonchev–Trinajstić information content (AvgIpc) is 2.54. The number of carbonyl (C=O) groups is 1. The van der Waals surface area contributed by atoms with Crippen LogP contribution in [0.2, 0.25) is 0 Å². The Morgan fingerprint density at radius 2 is 2.12 bits per heavy atom. The topological polar surface area (TPSA) is 84.1 Å². The number of fused-ring (bicyclic) bond motifs is 1. The number of esters is 1. The summed E-state index contributed by atoms with van der Waals surface area (Å²) in [5.41, 5.74) is 0.660. The number of aromatic amines is 1. The van der Waals surface area contributed by atoms with Crippen LogP contribution in [0.5, 0.6) is 0 Å². The number of nitrogens with one attached hydrogen (secondary N) is 2. The summed E-state index contributed by atoms with van der Waals surface area (Å²) in [6.07, 6.45) is 1.26. The fourth-order valence-electron chi connectivity index (χ4n) is 2.88. The van der Waals surface area contributed by atoms with Crippen molar-refractivity contribution in [2.45, 2.75) is 19.8 Å². The Balaban J connectivity index is 2.29. The largest absolute Gasteiger partial charge is 0.463 e. The number of benzene rings is 1. The predicted octanol–water partition coefficient (Wildman–Crippen LogP) is 2.30. The second-order valence-electron chi connectivity index (χ2n) is 5.33. The Morgan fingerprint density at radius 1 is 1.38 bits per heavy atom. The third-order valence-corrected chi connectivity index (χ3v) is 3.89. The molecule has 0 amide bonds. The van der Waals surface area contributed by atoms with Crippen LogP contribution in [0.1, 0.15) is 30.9 Å². The molecule has 0 fully saturated rings. The number of halogens is 1. The second-order valence-corrected chi connectivity index (χ2v) is 5.33. The van der Waals surface area contributed by atoms with Gasteiger partial charge in [-0.1, -0.05) is 18.2 Å². The fraction of sp³-hybridized carbons (Fsp3) is 0.235.